The molecule has 0 aliphatic heterocycles. The molecule has 0 spiro atoms. The van der Waals surface area contributed by atoms with Crippen molar-refractivity contribution in [3.8, 4) is 0 Å². The maximum absolute atomic E-state index is 4.64. The SMILES string of the molecule is Cc1cc(C=C(c2ccccc2)c2ccccn2)c(C)cc1C=C(c1ccccc1)c1ccccn1. The third-order valence-electron chi connectivity index (χ3n) is 6.31. The summed E-state index contributed by atoms with van der Waals surface area (Å²) in [5, 5.41) is 0. The van der Waals surface area contributed by atoms with E-state index in [0.717, 1.165) is 33.7 Å². The number of aromatic nitrogens is 2. The zero-order valence-electron chi connectivity index (χ0n) is 20.6. The van der Waals surface area contributed by atoms with Gasteiger partial charge >= 0.3 is 0 Å². The number of benzene rings is 3. The topological polar surface area (TPSA) is 25.8 Å². The van der Waals surface area contributed by atoms with Gasteiger partial charge in [-0.2, -0.15) is 0 Å². The minimum Gasteiger partial charge on any atom is -0.256 e. The summed E-state index contributed by atoms with van der Waals surface area (Å²) in [7, 11) is 0. The molecule has 0 unspecified atom stereocenters. The summed E-state index contributed by atoms with van der Waals surface area (Å²) in [6, 6.07) is 37.6. The molecule has 0 N–H and O–H groups in total. The Balaban J connectivity index is 1.61. The van der Waals surface area contributed by atoms with Crippen molar-refractivity contribution >= 4 is 23.3 Å². The van der Waals surface area contributed by atoms with Gasteiger partial charge in [0.2, 0.25) is 0 Å². The lowest BCUT2D eigenvalue weighted by Gasteiger charge is -2.13. The lowest BCUT2D eigenvalue weighted by molar-refractivity contribution is 1.27. The van der Waals surface area contributed by atoms with E-state index in [1.54, 1.807) is 0 Å². The first-order chi connectivity index (χ1) is 17.7. The summed E-state index contributed by atoms with van der Waals surface area (Å²) in [6.07, 6.45) is 8.20. The fourth-order valence-electron chi connectivity index (χ4n) is 4.37. The summed E-state index contributed by atoms with van der Waals surface area (Å²) in [5.74, 6) is 0. The molecule has 2 aromatic heterocycles. The highest BCUT2D eigenvalue weighted by atomic mass is 14.7. The Morgan fingerprint density at radius 3 is 1.25 bits per heavy atom. The highest BCUT2D eigenvalue weighted by Gasteiger charge is 2.11. The predicted octanol–water partition coefficient (Wildman–Crippen LogP) is 8.27. The van der Waals surface area contributed by atoms with Crippen molar-refractivity contribution in [2.45, 2.75) is 13.8 Å². The first-order valence-corrected chi connectivity index (χ1v) is 12.2. The smallest absolute Gasteiger partial charge is 0.0708 e. The molecule has 3 aromatic carbocycles. The normalized spacial score (nSPS) is 11.9. The summed E-state index contributed by atoms with van der Waals surface area (Å²) in [4.78, 5) is 9.29. The molecular formula is C34H28N2. The van der Waals surface area contributed by atoms with Crippen molar-refractivity contribution in [2.24, 2.45) is 0 Å². The van der Waals surface area contributed by atoms with Gasteiger partial charge in [-0.15, -0.1) is 0 Å². The van der Waals surface area contributed by atoms with Crippen LogP contribution in [0.1, 0.15) is 44.8 Å². The molecule has 0 atom stereocenters. The third-order valence-corrected chi connectivity index (χ3v) is 6.31. The molecule has 2 heteroatoms. The minimum atomic E-state index is 0.964. The van der Waals surface area contributed by atoms with Gasteiger partial charge in [0.25, 0.3) is 0 Å². The summed E-state index contributed by atoms with van der Waals surface area (Å²) in [5.41, 5.74) is 11.3. The molecule has 5 aromatic rings. The van der Waals surface area contributed by atoms with Gasteiger partial charge in [0.1, 0.15) is 0 Å². The molecule has 0 radical (unpaired) electrons. The van der Waals surface area contributed by atoms with Crippen molar-refractivity contribution in [1.82, 2.24) is 9.97 Å². The van der Waals surface area contributed by atoms with Crippen molar-refractivity contribution in [3.63, 3.8) is 0 Å². The van der Waals surface area contributed by atoms with Gasteiger partial charge in [0.15, 0.2) is 0 Å². The zero-order chi connectivity index (χ0) is 24.7. The second kappa shape index (κ2) is 10.8. The summed E-state index contributed by atoms with van der Waals surface area (Å²) in [6.45, 7) is 4.35. The number of aryl methyl sites for hydroxylation is 2. The van der Waals surface area contributed by atoms with Crippen molar-refractivity contribution < 1.29 is 0 Å². The van der Waals surface area contributed by atoms with E-state index in [1.807, 2.05) is 48.8 Å². The van der Waals surface area contributed by atoms with Gasteiger partial charge in [-0.05, 0) is 83.6 Å². The Labute approximate surface area is 213 Å². The Bertz CT molecular complexity index is 1300. The fourth-order valence-corrected chi connectivity index (χ4v) is 4.37. The lowest BCUT2D eigenvalue weighted by Crippen LogP contribution is -1.95. The zero-order valence-corrected chi connectivity index (χ0v) is 20.6. The summed E-state index contributed by atoms with van der Waals surface area (Å²) >= 11 is 0. The Hall–Kier alpha value is -4.56. The second-order valence-corrected chi connectivity index (χ2v) is 8.84. The van der Waals surface area contributed by atoms with Crippen LogP contribution in [0.25, 0.3) is 23.3 Å². The second-order valence-electron chi connectivity index (χ2n) is 8.84. The Morgan fingerprint density at radius 1 is 0.500 bits per heavy atom. The number of hydrogen-bond acceptors (Lipinski definition) is 2. The molecule has 0 aliphatic carbocycles. The standard InChI is InChI=1S/C34H28N2/c1-25-21-30(24-32(28-15-7-4-8-16-28)34-18-10-12-20-36-34)26(2)22-29(25)23-31(27-13-5-3-6-14-27)33-17-9-11-19-35-33/h3-24H,1-2H3. The average Bonchev–Trinajstić information content (AvgIpc) is 2.94. The van der Waals surface area contributed by atoms with Crippen molar-refractivity contribution in [2.75, 3.05) is 0 Å². The number of hydrogen-bond donors (Lipinski definition) is 0. The quantitative estimate of drug-likeness (QED) is 0.236. The van der Waals surface area contributed by atoms with Crippen LogP contribution in [0.2, 0.25) is 0 Å². The van der Waals surface area contributed by atoms with Crippen LogP contribution in [0.15, 0.2) is 122 Å². The van der Waals surface area contributed by atoms with E-state index in [9.17, 15) is 0 Å². The first-order valence-electron chi connectivity index (χ1n) is 12.2. The van der Waals surface area contributed by atoms with E-state index >= 15 is 0 Å². The van der Waals surface area contributed by atoms with Crippen LogP contribution in [0.3, 0.4) is 0 Å². The molecule has 5 rings (SSSR count). The van der Waals surface area contributed by atoms with Gasteiger partial charge in [-0.25, -0.2) is 0 Å². The third kappa shape index (κ3) is 5.24. The maximum atomic E-state index is 4.64. The van der Waals surface area contributed by atoms with E-state index < -0.39 is 0 Å². The fraction of sp³-hybridized carbons (Fsp3) is 0.0588. The lowest BCUT2D eigenvalue weighted by atomic mass is 9.92. The van der Waals surface area contributed by atoms with Crippen molar-refractivity contribution in [1.29, 1.82) is 0 Å². The molecule has 2 nitrogen and oxygen atoms in total. The van der Waals surface area contributed by atoms with Crippen LogP contribution >= 0.6 is 0 Å². The van der Waals surface area contributed by atoms with Crippen LogP contribution in [-0.2, 0) is 0 Å². The van der Waals surface area contributed by atoms with Gasteiger partial charge in [-0.3, -0.25) is 9.97 Å². The number of rotatable bonds is 6. The molecule has 0 amide bonds. The Kier molecular flexibility index (Phi) is 6.95. The van der Waals surface area contributed by atoms with E-state index in [4.69, 9.17) is 0 Å². The molecule has 2 heterocycles. The van der Waals surface area contributed by atoms with Gasteiger partial charge in [0.05, 0.1) is 11.4 Å². The Morgan fingerprint density at radius 2 is 0.889 bits per heavy atom. The molecule has 0 saturated heterocycles. The maximum Gasteiger partial charge on any atom is 0.0708 e. The van der Waals surface area contributed by atoms with Gasteiger partial charge in [-0.1, -0.05) is 84.9 Å². The number of pyridine rings is 2. The van der Waals surface area contributed by atoms with Crippen LogP contribution in [0, 0.1) is 13.8 Å². The molecule has 0 bridgehead atoms. The number of nitrogens with zero attached hydrogens (tertiary/aromatic N) is 2. The monoisotopic (exact) mass is 464 g/mol. The minimum absolute atomic E-state index is 0.964. The van der Waals surface area contributed by atoms with E-state index in [-0.39, 0.29) is 0 Å². The molecule has 36 heavy (non-hydrogen) atoms. The molecule has 0 fully saturated rings. The van der Waals surface area contributed by atoms with Crippen LogP contribution in [0.4, 0.5) is 0 Å². The summed E-state index contributed by atoms with van der Waals surface area (Å²) < 4.78 is 0. The molecular weight excluding hydrogens is 436 g/mol. The predicted molar refractivity (Wildman–Crippen MR) is 151 cm³/mol. The van der Waals surface area contributed by atoms with Crippen LogP contribution < -0.4 is 0 Å². The highest BCUT2D eigenvalue weighted by Crippen LogP contribution is 2.30. The van der Waals surface area contributed by atoms with E-state index in [2.05, 4.69) is 109 Å². The largest absolute Gasteiger partial charge is 0.256 e. The van der Waals surface area contributed by atoms with Crippen LogP contribution in [-0.4, -0.2) is 9.97 Å². The van der Waals surface area contributed by atoms with Crippen molar-refractivity contribution in [3.05, 3.63) is 166 Å². The van der Waals surface area contributed by atoms with E-state index in [0.29, 0.717) is 0 Å². The highest BCUT2D eigenvalue weighted by molar-refractivity contribution is 5.93. The van der Waals surface area contributed by atoms with E-state index in [1.165, 1.54) is 22.3 Å². The average molecular weight is 465 g/mol. The molecule has 0 saturated carbocycles. The first kappa shape index (κ1) is 23.2. The molecule has 0 aliphatic rings. The molecule has 174 valence electrons. The van der Waals surface area contributed by atoms with Gasteiger partial charge < -0.3 is 0 Å². The van der Waals surface area contributed by atoms with Crippen LogP contribution in [0.5, 0.6) is 0 Å². The van der Waals surface area contributed by atoms with Gasteiger partial charge in [0, 0.05) is 23.5 Å².